The van der Waals surface area contributed by atoms with E-state index in [1.165, 1.54) is 0 Å². The molecule has 5 nitrogen and oxygen atoms in total. The van der Waals surface area contributed by atoms with Gasteiger partial charge < -0.3 is 9.72 Å². The van der Waals surface area contributed by atoms with Gasteiger partial charge in [0.1, 0.15) is 17.5 Å². The second-order valence-electron chi connectivity index (χ2n) is 3.40. The highest BCUT2D eigenvalue weighted by atomic mass is 35.5. The van der Waals surface area contributed by atoms with Gasteiger partial charge in [-0.2, -0.15) is 5.26 Å². The lowest BCUT2D eigenvalue weighted by Gasteiger charge is -2.06. The summed E-state index contributed by atoms with van der Waals surface area (Å²) in [6.45, 7) is 0.276. The molecule has 1 N–H and O–H groups in total. The van der Waals surface area contributed by atoms with E-state index in [-0.39, 0.29) is 18.3 Å². The lowest BCUT2D eigenvalue weighted by molar-refractivity contribution is -0.118. The van der Waals surface area contributed by atoms with Gasteiger partial charge in [0.15, 0.2) is 5.65 Å². The van der Waals surface area contributed by atoms with Crippen LogP contribution in [0.4, 0.5) is 0 Å². The second kappa shape index (κ2) is 4.85. The van der Waals surface area contributed by atoms with E-state index in [0.717, 1.165) is 5.56 Å². The van der Waals surface area contributed by atoms with Crippen LogP contribution < -0.4 is 5.32 Å². The average molecular weight is 249 g/mol. The van der Waals surface area contributed by atoms with Crippen molar-refractivity contribution in [1.29, 1.82) is 5.26 Å². The van der Waals surface area contributed by atoms with Crippen LogP contribution >= 0.6 is 11.6 Å². The van der Waals surface area contributed by atoms with E-state index in [1.807, 2.05) is 0 Å². The van der Waals surface area contributed by atoms with Crippen molar-refractivity contribution in [3.05, 3.63) is 35.8 Å². The van der Waals surface area contributed by atoms with Gasteiger partial charge in [-0.05, 0) is 11.6 Å². The number of halogens is 1. The molecule has 0 aliphatic rings. The molecular weight excluding hydrogens is 240 g/mol. The summed E-state index contributed by atoms with van der Waals surface area (Å²) in [5, 5.41) is 11.7. The van der Waals surface area contributed by atoms with Crippen molar-refractivity contribution >= 4 is 23.2 Å². The number of alkyl halides is 1. The Morgan fingerprint density at radius 2 is 2.41 bits per heavy atom. The zero-order chi connectivity index (χ0) is 12.3. The molecular formula is C11H9ClN4O. The Hall–Kier alpha value is -2.06. The van der Waals surface area contributed by atoms with Crippen LogP contribution in [0.2, 0.25) is 0 Å². The van der Waals surface area contributed by atoms with Crippen LogP contribution in [0.1, 0.15) is 11.1 Å². The van der Waals surface area contributed by atoms with E-state index >= 15 is 0 Å². The summed E-state index contributed by atoms with van der Waals surface area (Å²) in [4.78, 5) is 15.2. The van der Waals surface area contributed by atoms with E-state index < -0.39 is 0 Å². The van der Waals surface area contributed by atoms with Crippen LogP contribution in [0.15, 0.2) is 24.7 Å². The molecule has 0 aliphatic carbocycles. The first-order valence-corrected chi connectivity index (χ1v) is 5.47. The van der Waals surface area contributed by atoms with Crippen molar-refractivity contribution in [3.63, 3.8) is 0 Å². The predicted molar refractivity (Wildman–Crippen MR) is 62.5 cm³/mol. The van der Waals surface area contributed by atoms with Crippen molar-refractivity contribution < 1.29 is 4.79 Å². The summed E-state index contributed by atoms with van der Waals surface area (Å²) in [6.07, 6.45) is 5.18. The molecule has 0 unspecified atom stereocenters. The van der Waals surface area contributed by atoms with Crippen molar-refractivity contribution in [3.8, 4) is 6.07 Å². The van der Waals surface area contributed by atoms with Gasteiger partial charge in [0, 0.05) is 25.1 Å². The van der Waals surface area contributed by atoms with Crippen LogP contribution in [0, 0.1) is 11.3 Å². The fourth-order valence-corrected chi connectivity index (χ4v) is 1.63. The van der Waals surface area contributed by atoms with Crippen molar-refractivity contribution in [2.75, 3.05) is 5.88 Å². The number of rotatable bonds is 3. The van der Waals surface area contributed by atoms with E-state index in [4.69, 9.17) is 16.9 Å². The molecule has 0 aliphatic heterocycles. The standard InChI is InChI=1S/C11H9ClN4O/c12-5-10(17)15-7-8-1-3-16-4-2-14-11(16)9(8)6-13/h1-4H,5,7H2,(H,15,17). The molecule has 2 rings (SSSR count). The van der Waals surface area contributed by atoms with Gasteiger partial charge in [0.05, 0.1) is 0 Å². The molecule has 86 valence electrons. The molecule has 0 fully saturated rings. The van der Waals surface area contributed by atoms with Gasteiger partial charge in [-0.15, -0.1) is 11.6 Å². The number of aromatic nitrogens is 2. The molecule has 2 aromatic heterocycles. The van der Waals surface area contributed by atoms with Crippen LogP contribution in [-0.2, 0) is 11.3 Å². The van der Waals surface area contributed by atoms with Crippen molar-refractivity contribution in [1.82, 2.24) is 14.7 Å². The van der Waals surface area contributed by atoms with E-state index in [9.17, 15) is 4.79 Å². The van der Waals surface area contributed by atoms with E-state index in [2.05, 4.69) is 16.4 Å². The Bertz CT molecular complexity index is 599. The third-order valence-corrected chi connectivity index (χ3v) is 2.60. The van der Waals surface area contributed by atoms with Gasteiger partial charge in [0.2, 0.25) is 5.91 Å². The summed E-state index contributed by atoms with van der Waals surface area (Å²) < 4.78 is 1.76. The Morgan fingerprint density at radius 3 is 3.12 bits per heavy atom. The Balaban J connectivity index is 2.34. The SMILES string of the molecule is N#Cc1c(CNC(=O)CCl)ccn2ccnc12. The van der Waals surface area contributed by atoms with Crippen LogP contribution in [-0.4, -0.2) is 21.2 Å². The third kappa shape index (κ3) is 2.22. The number of hydrogen-bond acceptors (Lipinski definition) is 3. The summed E-state index contributed by atoms with van der Waals surface area (Å²) in [6, 6.07) is 3.88. The number of nitrogens with zero attached hydrogens (tertiary/aromatic N) is 3. The topological polar surface area (TPSA) is 70.2 Å². The van der Waals surface area contributed by atoms with Gasteiger partial charge in [-0.1, -0.05) is 0 Å². The molecule has 0 saturated heterocycles. The maximum atomic E-state index is 11.1. The largest absolute Gasteiger partial charge is 0.351 e. The minimum absolute atomic E-state index is 0.0898. The Morgan fingerprint density at radius 1 is 1.59 bits per heavy atom. The number of carbonyl (C=O) groups excluding carboxylic acids is 1. The summed E-state index contributed by atoms with van der Waals surface area (Å²) in [5.41, 5.74) is 1.78. The normalized spacial score (nSPS) is 10.1. The molecule has 2 heterocycles. The molecule has 6 heteroatoms. The second-order valence-corrected chi connectivity index (χ2v) is 3.66. The van der Waals surface area contributed by atoms with Crippen molar-refractivity contribution in [2.24, 2.45) is 0 Å². The first-order valence-electron chi connectivity index (χ1n) is 4.93. The molecule has 17 heavy (non-hydrogen) atoms. The molecule has 1 amide bonds. The minimum atomic E-state index is -0.265. The van der Waals surface area contributed by atoms with Crippen LogP contribution in [0.5, 0.6) is 0 Å². The summed E-state index contributed by atoms with van der Waals surface area (Å²) >= 11 is 5.38. The lowest BCUT2D eigenvalue weighted by Crippen LogP contribution is -2.24. The number of carbonyl (C=O) groups is 1. The number of pyridine rings is 1. The van der Waals surface area contributed by atoms with Gasteiger partial charge in [0.25, 0.3) is 0 Å². The predicted octanol–water partition coefficient (Wildman–Crippen LogP) is 1.06. The number of hydrogen-bond donors (Lipinski definition) is 1. The smallest absolute Gasteiger partial charge is 0.235 e. The molecule has 0 bridgehead atoms. The molecule has 0 saturated carbocycles. The molecule has 0 spiro atoms. The van der Waals surface area contributed by atoms with Crippen molar-refractivity contribution in [2.45, 2.75) is 6.54 Å². The maximum Gasteiger partial charge on any atom is 0.235 e. The number of amides is 1. The maximum absolute atomic E-state index is 11.1. The van der Waals surface area contributed by atoms with Crippen LogP contribution in [0.3, 0.4) is 0 Å². The number of imidazole rings is 1. The van der Waals surface area contributed by atoms with Gasteiger partial charge >= 0.3 is 0 Å². The fourth-order valence-electron chi connectivity index (χ4n) is 1.53. The summed E-state index contributed by atoms with van der Waals surface area (Å²) in [7, 11) is 0. The highest BCUT2D eigenvalue weighted by molar-refractivity contribution is 6.27. The zero-order valence-corrected chi connectivity index (χ0v) is 9.61. The Labute approximate surface area is 103 Å². The average Bonchev–Trinajstić information content (AvgIpc) is 2.83. The zero-order valence-electron chi connectivity index (χ0n) is 8.85. The number of nitriles is 1. The summed E-state index contributed by atoms with van der Waals surface area (Å²) in [5.74, 6) is -0.355. The first kappa shape index (κ1) is 11.4. The van der Waals surface area contributed by atoms with Gasteiger partial charge in [-0.25, -0.2) is 4.98 Å². The quantitative estimate of drug-likeness (QED) is 0.826. The third-order valence-electron chi connectivity index (χ3n) is 2.36. The molecule has 0 aromatic carbocycles. The highest BCUT2D eigenvalue weighted by Crippen LogP contribution is 2.13. The highest BCUT2D eigenvalue weighted by Gasteiger charge is 2.09. The van der Waals surface area contributed by atoms with E-state index in [0.29, 0.717) is 11.2 Å². The number of fused-ring (bicyclic) bond motifs is 1. The van der Waals surface area contributed by atoms with Crippen LogP contribution in [0.25, 0.3) is 5.65 Å². The first-order chi connectivity index (χ1) is 8.26. The molecule has 0 atom stereocenters. The fraction of sp³-hybridized carbons (Fsp3) is 0.182. The minimum Gasteiger partial charge on any atom is -0.351 e. The Kier molecular flexibility index (Phi) is 3.26. The number of nitrogens with one attached hydrogen (secondary N) is 1. The monoisotopic (exact) mass is 248 g/mol. The van der Waals surface area contributed by atoms with E-state index in [1.54, 1.807) is 29.1 Å². The lowest BCUT2D eigenvalue weighted by atomic mass is 10.1. The molecule has 2 aromatic rings. The van der Waals surface area contributed by atoms with Gasteiger partial charge in [-0.3, -0.25) is 4.79 Å². The molecule has 0 radical (unpaired) electrons.